The Balaban J connectivity index is 2.64. The molecule has 1 aromatic heterocycles. The third-order valence-corrected chi connectivity index (χ3v) is 4.96. The standard InChI is InChI=1S/C14H14Cl2F3N5O2S/c1-21-13(9-11(27(3)25)12(20)23-22-9)24(26-2)10-7(15)4-6(5-8(10)16)14(17,18)19/h4-5H,1-3H3,(H3,20,22,23). The van der Waals surface area contributed by atoms with Crippen LogP contribution < -0.4 is 10.8 Å². The van der Waals surface area contributed by atoms with Crippen LogP contribution in [0.5, 0.6) is 0 Å². The highest BCUT2D eigenvalue weighted by molar-refractivity contribution is 7.84. The third-order valence-electron chi connectivity index (χ3n) is 3.39. The number of nitrogens with zero attached hydrogens (tertiary/aromatic N) is 3. The van der Waals surface area contributed by atoms with Crippen molar-refractivity contribution in [2.24, 2.45) is 4.99 Å². The van der Waals surface area contributed by atoms with Crippen LogP contribution in [0.25, 0.3) is 0 Å². The Morgan fingerprint density at radius 3 is 2.33 bits per heavy atom. The van der Waals surface area contributed by atoms with Crippen LogP contribution in [0.1, 0.15) is 11.3 Å². The number of nitrogens with one attached hydrogen (secondary N) is 1. The summed E-state index contributed by atoms with van der Waals surface area (Å²) in [5.74, 6) is -0.0110. The Morgan fingerprint density at radius 1 is 1.37 bits per heavy atom. The Hall–Kier alpha value is -1.82. The smallest absolute Gasteiger partial charge is 0.381 e. The maximum Gasteiger partial charge on any atom is 0.416 e. The third kappa shape index (κ3) is 4.21. The van der Waals surface area contributed by atoms with E-state index < -0.39 is 22.5 Å². The van der Waals surface area contributed by atoms with Gasteiger partial charge in [-0.1, -0.05) is 23.2 Å². The summed E-state index contributed by atoms with van der Waals surface area (Å²) in [6.07, 6.45) is -3.25. The number of hydrogen-bond donors (Lipinski definition) is 2. The van der Waals surface area contributed by atoms with Crippen molar-refractivity contribution in [1.29, 1.82) is 0 Å². The van der Waals surface area contributed by atoms with Crippen LogP contribution in [0.15, 0.2) is 22.0 Å². The van der Waals surface area contributed by atoms with Gasteiger partial charge in [0.05, 0.1) is 33.5 Å². The molecular weight excluding hydrogens is 430 g/mol. The van der Waals surface area contributed by atoms with Gasteiger partial charge in [-0.2, -0.15) is 23.3 Å². The first kappa shape index (κ1) is 21.5. The van der Waals surface area contributed by atoms with Gasteiger partial charge >= 0.3 is 6.18 Å². The molecule has 1 heterocycles. The molecule has 0 saturated heterocycles. The predicted molar refractivity (Wildman–Crippen MR) is 98.7 cm³/mol. The number of amidine groups is 1. The average molecular weight is 444 g/mol. The van der Waals surface area contributed by atoms with E-state index in [1.54, 1.807) is 0 Å². The summed E-state index contributed by atoms with van der Waals surface area (Å²) in [5.41, 5.74) is 4.75. The lowest BCUT2D eigenvalue weighted by atomic mass is 10.2. The van der Waals surface area contributed by atoms with E-state index in [9.17, 15) is 17.4 Å². The number of hydrogen-bond acceptors (Lipinski definition) is 5. The molecular formula is C14H14Cl2F3N5O2S. The summed E-state index contributed by atoms with van der Waals surface area (Å²) in [4.78, 5) is 9.42. The molecule has 1 unspecified atom stereocenters. The normalized spacial score (nSPS) is 13.7. The molecule has 3 N–H and O–H groups in total. The van der Waals surface area contributed by atoms with Crippen molar-refractivity contribution >= 4 is 51.3 Å². The van der Waals surface area contributed by atoms with Crippen molar-refractivity contribution in [2.45, 2.75) is 11.1 Å². The van der Waals surface area contributed by atoms with Crippen LogP contribution in [-0.4, -0.2) is 40.7 Å². The Kier molecular flexibility index (Phi) is 6.40. The van der Waals surface area contributed by atoms with Gasteiger partial charge in [0.25, 0.3) is 0 Å². The fourth-order valence-electron chi connectivity index (χ4n) is 2.30. The summed E-state index contributed by atoms with van der Waals surface area (Å²) < 4.78 is 50.8. The molecule has 0 saturated carbocycles. The summed E-state index contributed by atoms with van der Waals surface area (Å²) in [7, 11) is 1.07. The Bertz CT molecular complexity index is 894. The first-order valence-electron chi connectivity index (χ1n) is 7.07. The van der Waals surface area contributed by atoms with E-state index in [1.807, 2.05) is 0 Å². The van der Waals surface area contributed by atoms with Gasteiger partial charge in [-0.3, -0.25) is 19.1 Å². The van der Waals surface area contributed by atoms with Crippen LogP contribution >= 0.6 is 23.2 Å². The largest absolute Gasteiger partial charge is 0.416 e. The van der Waals surface area contributed by atoms with Crippen molar-refractivity contribution in [3.8, 4) is 0 Å². The first-order chi connectivity index (χ1) is 12.5. The van der Waals surface area contributed by atoms with Crippen molar-refractivity contribution in [3.05, 3.63) is 33.4 Å². The highest BCUT2D eigenvalue weighted by atomic mass is 35.5. The molecule has 0 fully saturated rings. The number of hydroxylamine groups is 1. The number of nitrogen functional groups attached to an aromatic ring is 1. The van der Waals surface area contributed by atoms with Crippen LogP contribution in [0.2, 0.25) is 10.0 Å². The molecule has 0 bridgehead atoms. The molecule has 27 heavy (non-hydrogen) atoms. The molecule has 13 heteroatoms. The molecule has 0 spiro atoms. The van der Waals surface area contributed by atoms with Crippen LogP contribution in [0, 0.1) is 0 Å². The van der Waals surface area contributed by atoms with Crippen LogP contribution in [0.3, 0.4) is 0 Å². The van der Waals surface area contributed by atoms with E-state index in [-0.39, 0.29) is 38.0 Å². The molecule has 148 valence electrons. The van der Waals surface area contributed by atoms with Gasteiger partial charge in [-0.05, 0) is 12.1 Å². The van der Waals surface area contributed by atoms with Gasteiger partial charge in [0.2, 0.25) is 0 Å². The number of rotatable bonds is 4. The zero-order valence-corrected chi connectivity index (χ0v) is 16.5. The second kappa shape index (κ2) is 8.05. The van der Waals surface area contributed by atoms with E-state index in [1.165, 1.54) is 20.4 Å². The fraction of sp³-hybridized carbons (Fsp3) is 0.286. The molecule has 0 aliphatic rings. The van der Waals surface area contributed by atoms with Gasteiger partial charge in [0.15, 0.2) is 11.7 Å². The molecule has 1 atom stereocenters. The van der Waals surface area contributed by atoms with Gasteiger partial charge in [0.1, 0.15) is 16.3 Å². The minimum atomic E-state index is -4.63. The van der Waals surface area contributed by atoms with Crippen molar-refractivity contribution in [3.63, 3.8) is 0 Å². The summed E-state index contributed by atoms with van der Waals surface area (Å²) in [5, 5.41) is 6.70. The van der Waals surface area contributed by atoms with Crippen LogP contribution in [0.4, 0.5) is 24.7 Å². The highest BCUT2D eigenvalue weighted by Crippen LogP contribution is 2.41. The molecule has 2 aromatic rings. The number of halogens is 5. The lowest BCUT2D eigenvalue weighted by molar-refractivity contribution is -0.137. The monoisotopic (exact) mass is 443 g/mol. The average Bonchev–Trinajstić information content (AvgIpc) is 2.94. The molecule has 7 nitrogen and oxygen atoms in total. The molecule has 0 amide bonds. The van der Waals surface area contributed by atoms with Gasteiger partial charge in [-0.25, -0.2) is 0 Å². The zero-order valence-electron chi connectivity index (χ0n) is 14.2. The van der Waals surface area contributed by atoms with Crippen LogP contribution in [-0.2, 0) is 21.8 Å². The van der Waals surface area contributed by atoms with Crippen molar-refractivity contribution in [2.75, 3.05) is 31.2 Å². The molecule has 1 aromatic carbocycles. The predicted octanol–water partition coefficient (Wildman–Crippen LogP) is 3.50. The van der Waals surface area contributed by atoms with Crippen molar-refractivity contribution < 1.29 is 22.2 Å². The maximum absolute atomic E-state index is 12.9. The Labute approximate surface area is 164 Å². The molecule has 0 aliphatic carbocycles. The molecule has 2 rings (SSSR count). The number of alkyl halides is 3. The fourth-order valence-corrected chi connectivity index (χ4v) is 3.70. The summed E-state index contributed by atoms with van der Waals surface area (Å²) in [6, 6.07) is 1.42. The number of nitrogens with two attached hydrogens (primary N) is 1. The number of aromatic amines is 1. The second-order valence-corrected chi connectivity index (χ2v) is 7.21. The van der Waals surface area contributed by atoms with E-state index >= 15 is 0 Å². The minimum absolute atomic E-state index is 0.00968. The molecule has 0 radical (unpaired) electrons. The topological polar surface area (TPSA) is 96.6 Å². The lowest BCUT2D eigenvalue weighted by Gasteiger charge is -2.25. The Morgan fingerprint density at radius 2 is 1.93 bits per heavy atom. The minimum Gasteiger partial charge on any atom is -0.381 e. The number of anilines is 2. The van der Waals surface area contributed by atoms with Gasteiger partial charge in [0, 0.05) is 13.3 Å². The van der Waals surface area contributed by atoms with Crippen molar-refractivity contribution in [1.82, 2.24) is 10.2 Å². The molecule has 0 aliphatic heterocycles. The first-order valence-corrected chi connectivity index (χ1v) is 9.39. The second-order valence-electron chi connectivity index (χ2n) is 5.08. The number of aliphatic imine (C=N–C) groups is 1. The van der Waals surface area contributed by atoms with E-state index in [0.717, 1.165) is 5.06 Å². The number of benzene rings is 1. The van der Waals surface area contributed by atoms with E-state index in [4.69, 9.17) is 33.8 Å². The highest BCUT2D eigenvalue weighted by Gasteiger charge is 2.34. The quantitative estimate of drug-likeness (QED) is 0.428. The van der Waals surface area contributed by atoms with E-state index in [0.29, 0.717) is 12.1 Å². The summed E-state index contributed by atoms with van der Waals surface area (Å²) >= 11 is 12.1. The number of H-pyrrole nitrogens is 1. The van der Waals surface area contributed by atoms with Gasteiger partial charge in [-0.15, -0.1) is 0 Å². The maximum atomic E-state index is 12.9. The summed E-state index contributed by atoms with van der Waals surface area (Å²) in [6.45, 7) is 0. The SMILES string of the molecule is CN=C(c1[nH]nc(N)c1S(C)=O)N(OC)c1c(Cl)cc(C(F)(F)F)cc1Cl. The number of aromatic nitrogens is 2. The zero-order chi connectivity index (χ0) is 20.5. The van der Waals surface area contributed by atoms with E-state index in [2.05, 4.69) is 15.2 Å². The van der Waals surface area contributed by atoms with Gasteiger partial charge < -0.3 is 5.73 Å². The lowest BCUT2D eigenvalue weighted by Crippen LogP contribution is -2.32.